The molecule has 0 aliphatic heterocycles. The molecule has 2 aromatic rings. The largest absolute Gasteiger partial charge is 0.493 e. The highest BCUT2D eigenvalue weighted by Gasteiger charge is 2.39. The fraction of sp³-hybridized carbons (Fsp3) is 0.375. The van der Waals surface area contributed by atoms with E-state index in [1.54, 1.807) is 18.2 Å². The molecule has 1 aromatic carbocycles. The summed E-state index contributed by atoms with van der Waals surface area (Å²) < 4.78 is 49.5. The molecule has 0 saturated carbocycles. The van der Waals surface area contributed by atoms with Gasteiger partial charge in [0.15, 0.2) is 17.2 Å². The summed E-state index contributed by atoms with van der Waals surface area (Å²) in [7, 11) is 4.25. The number of alkyl halides is 3. The number of nitrogens with one attached hydrogen (secondary N) is 1. The summed E-state index contributed by atoms with van der Waals surface area (Å²) in [5, 5.41) is 5.10. The van der Waals surface area contributed by atoms with Crippen LogP contribution in [-0.2, 0) is 19.6 Å². The lowest BCUT2D eigenvalue weighted by atomic mass is 10.1. The van der Waals surface area contributed by atoms with Gasteiger partial charge < -0.3 is 14.8 Å². The maximum Gasteiger partial charge on any atom is 0.436 e. The Morgan fingerprint density at radius 3 is 2.46 bits per heavy atom. The van der Waals surface area contributed by atoms with Gasteiger partial charge in [0.05, 0.1) is 14.2 Å². The van der Waals surface area contributed by atoms with Crippen LogP contribution < -0.4 is 14.8 Å². The van der Waals surface area contributed by atoms with Gasteiger partial charge in [-0.3, -0.25) is 9.48 Å². The zero-order valence-electron chi connectivity index (χ0n) is 14.3. The first-order valence-corrected chi connectivity index (χ1v) is 7.85. The van der Waals surface area contributed by atoms with E-state index in [0.717, 1.165) is 10.2 Å². The van der Waals surface area contributed by atoms with Crippen LogP contribution in [0.3, 0.4) is 0 Å². The lowest BCUT2D eigenvalue weighted by Gasteiger charge is -2.10. The monoisotopic (exact) mass is 391 g/mol. The van der Waals surface area contributed by atoms with Gasteiger partial charge in [-0.05, 0) is 24.1 Å². The van der Waals surface area contributed by atoms with Gasteiger partial charge in [-0.2, -0.15) is 18.3 Å². The molecule has 1 heterocycles. The normalized spacial score (nSPS) is 11.3. The topological polar surface area (TPSA) is 65.4 Å². The maximum absolute atomic E-state index is 12.8. The van der Waals surface area contributed by atoms with Gasteiger partial charge in [0.2, 0.25) is 0 Å². The van der Waals surface area contributed by atoms with Crippen molar-refractivity contribution in [2.45, 2.75) is 12.6 Å². The molecule has 142 valence electrons. The molecule has 0 atom stereocenters. The molecule has 0 bridgehead atoms. The third-order valence-corrected chi connectivity index (χ3v) is 3.98. The van der Waals surface area contributed by atoms with E-state index >= 15 is 0 Å². The SMILES string of the molecule is COc1ccc(CCNC(=O)c2c(Cl)c(C(F)(F)F)nn2C)cc1OC. The van der Waals surface area contributed by atoms with Crippen molar-refractivity contribution in [3.8, 4) is 11.5 Å². The van der Waals surface area contributed by atoms with E-state index in [2.05, 4.69) is 10.4 Å². The maximum atomic E-state index is 12.8. The van der Waals surface area contributed by atoms with E-state index in [1.807, 2.05) is 0 Å². The Kier molecular flexibility index (Phi) is 6.01. The number of ether oxygens (including phenoxy) is 2. The van der Waals surface area contributed by atoms with Crippen molar-refractivity contribution in [1.29, 1.82) is 0 Å². The zero-order chi connectivity index (χ0) is 19.5. The minimum Gasteiger partial charge on any atom is -0.493 e. The van der Waals surface area contributed by atoms with Crippen molar-refractivity contribution in [1.82, 2.24) is 15.1 Å². The Hall–Kier alpha value is -2.42. The summed E-state index contributed by atoms with van der Waals surface area (Å²) in [6, 6.07) is 5.28. The quantitative estimate of drug-likeness (QED) is 0.822. The Morgan fingerprint density at radius 1 is 1.27 bits per heavy atom. The fourth-order valence-electron chi connectivity index (χ4n) is 2.37. The number of benzene rings is 1. The standard InChI is InChI=1S/C16H17ClF3N3O3/c1-23-13(12(17)14(22-23)16(18,19)20)15(24)21-7-6-9-4-5-10(25-2)11(8-9)26-3/h4-5,8H,6-7H2,1-3H3,(H,21,24). The van der Waals surface area contributed by atoms with E-state index in [0.29, 0.717) is 17.9 Å². The van der Waals surface area contributed by atoms with E-state index < -0.39 is 22.8 Å². The molecule has 10 heteroatoms. The van der Waals surface area contributed by atoms with Gasteiger partial charge in [-0.25, -0.2) is 0 Å². The number of nitrogens with zero attached hydrogens (tertiary/aromatic N) is 2. The number of halogens is 4. The molecule has 6 nitrogen and oxygen atoms in total. The molecule has 1 aromatic heterocycles. The second-order valence-electron chi connectivity index (χ2n) is 5.33. The number of carbonyl (C=O) groups is 1. The molecule has 2 rings (SSSR count). The third-order valence-electron chi connectivity index (χ3n) is 3.62. The van der Waals surface area contributed by atoms with Crippen molar-refractivity contribution >= 4 is 17.5 Å². The highest BCUT2D eigenvalue weighted by molar-refractivity contribution is 6.34. The molecule has 0 unspecified atom stereocenters. The summed E-state index contributed by atoms with van der Waals surface area (Å²) in [4.78, 5) is 12.2. The van der Waals surface area contributed by atoms with Gasteiger partial charge in [0, 0.05) is 13.6 Å². The second kappa shape index (κ2) is 7.86. The first-order chi connectivity index (χ1) is 12.2. The Morgan fingerprint density at radius 2 is 1.92 bits per heavy atom. The van der Waals surface area contributed by atoms with Gasteiger partial charge in [0.1, 0.15) is 10.7 Å². The van der Waals surface area contributed by atoms with Gasteiger partial charge in [-0.15, -0.1) is 0 Å². The lowest BCUT2D eigenvalue weighted by molar-refractivity contribution is -0.141. The fourth-order valence-corrected chi connectivity index (χ4v) is 2.72. The second-order valence-corrected chi connectivity index (χ2v) is 5.71. The first-order valence-electron chi connectivity index (χ1n) is 7.47. The first kappa shape index (κ1) is 19.9. The zero-order valence-corrected chi connectivity index (χ0v) is 15.0. The van der Waals surface area contributed by atoms with Crippen molar-refractivity contribution in [2.24, 2.45) is 7.05 Å². The minimum atomic E-state index is -4.73. The number of methoxy groups -OCH3 is 2. The molecule has 0 aliphatic rings. The van der Waals surface area contributed by atoms with Crippen LogP contribution in [0.2, 0.25) is 5.02 Å². The van der Waals surface area contributed by atoms with Crippen LogP contribution in [0.1, 0.15) is 21.7 Å². The predicted molar refractivity (Wildman–Crippen MR) is 88.8 cm³/mol. The summed E-state index contributed by atoms with van der Waals surface area (Å²) in [6.45, 7) is 0.192. The molecular weight excluding hydrogens is 375 g/mol. The number of aromatic nitrogens is 2. The molecule has 0 spiro atoms. The number of rotatable bonds is 6. The van der Waals surface area contributed by atoms with Crippen LogP contribution in [0.15, 0.2) is 18.2 Å². The summed E-state index contributed by atoms with van der Waals surface area (Å²) in [6.07, 6.45) is -4.29. The number of aryl methyl sites for hydroxylation is 1. The number of hydrogen-bond acceptors (Lipinski definition) is 4. The molecular formula is C16H17ClF3N3O3. The molecule has 0 aliphatic carbocycles. The van der Waals surface area contributed by atoms with Crippen LogP contribution in [0.5, 0.6) is 11.5 Å². The number of amides is 1. The molecule has 1 amide bonds. The molecule has 0 radical (unpaired) electrons. The minimum absolute atomic E-state index is 0.192. The summed E-state index contributed by atoms with van der Waals surface area (Å²) in [5.41, 5.74) is -0.770. The van der Waals surface area contributed by atoms with Crippen LogP contribution >= 0.6 is 11.6 Å². The van der Waals surface area contributed by atoms with Gasteiger partial charge >= 0.3 is 6.18 Å². The average molecular weight is 392 g/mol. The van der Waals surface area contributed by atoms with E-state index in [1.165, 1.54) is 21.3 Å². The van der Waals surface area contributed by atoms with E-state index in [9.17, 15) is 18.0 Å². The number of carbonyl (C=O) groups excluding carboxylic acids is 1. The summed E-state index contributed by atoms with van der Waals surface area (Å²) >= 11 is 5.68. The van der Waals surface area contributed by atoms with E-state index in [-0.39, 0.29) is 12.2 Å². The molecule has 0 saturated heterocycles. The Labute approximate surface area is 152 Å². The summed E-state index contributed by atoms with van der Waals surface area (Å²) in [5.74, 6) is 0.378. The smallest absolute Gasteiger partial charge is 0.436 e. The predicted octanol–water partition coefficient (Wildman–Crippen LogP) is 3.08. The van der Waals surface area contributed by atoms with Crippen LogP contribution in [0, 0.1) is 0 Å². The Bertz CT molecular complexity index is 806. The van der Waals surface area contributed by atoms with Crippen LogP contribution in [-0.4, -0.2) is 36.5 Å². The van der Waals surface area contributed by atoms with Crippen molar-refractivity contribution < 1.29 is 27.4 Å². The highest BCUT2D eigenvalue weighted by atomic mass is 35.5. The number of hydrogen-bond donors (Lipinski definition) is 1. The average Bonchev–Trinajstić information content (AvgIpc) is 2.89. The third kappa shape index (κ3) is 4.21. The van der Waals surface area contributed by atoms with Gasteiger partial charge in [0.25, 0.3) is 5.91 Å². The highest BCUT2D eigenvalue weighted by Crippen LogP contribution is 2.35. The lowest BCUT2D eigenvalue weighted by Crippen LogP contribution is -2.27. The molecule has 1 N–H and O–H groups in total. The van der Waals surface area contributed by atoms with Crippen molar-refractivity contribution in [3.63, 3.8) is 0 Å². The van der Waals surface area contributed by atoms with Crippen molar-refractivity contribution in [2.75, 3.05) is 20.8 Å². The van der Waals surface area contributed by atoms with Crippen LogP contribution in [0.25, 0.3) is 0 Å². The molecule has 0 fully saturated rings. The molecule has 26 heavy (non-hydrogen) atoms. The van der Waals surface area contributed by atoms with Crippen LogP contribution in [0.4, 0.5) is 13.2 Å². The van der Waals surface area contributed by atoms with Crippen molar-refractivity contribution in [3.05, 3.63) is 40.2 Å². The van der Waals surface area contributed by atoms with E-state index in [4.69, 9.17) is 21.1 Å². The van der Waals surface area contributed by atoms with Gasteiger partial charge in [-0.1, -0.05) is 17.7 Å². The Balaban J connectivity index is 2.05.